The SMILES string of the molecule is CCOC(=O)c1cnc(CC2(c3ccsc3)CCC2)nc1. The van der Waals surface area contributed by atoms with Crippen LogP contribution in [0.2, 0.25) is 0 Å². The predicted octanol–water partition coefficient (Wildman–Crippen LogP) is 3.38. The van der Waals surface area contributed by atoms with Crippen LogP contribution in [0, 0.1) is 0 Å². The molecule has 0 atom stereocenters. The number of carbonyl (C=O) groups excluding carboxylic acids is 1. The van der Waals surface area contributed by atoms with E-state index in [4.69, 9.17) is 4.74 Å². The molecule has 1 fully saturated rings. The summed E-state index contributed by atoms with van der Waals surface area (Å²) in [5.41, 5.74) is 2.02. The van der Waals surface area contributed by atoms with Gasteiger partial charge in [-0.25, -0.2) is 14.8 Å². The van der Waals surface area contributed by atoms with E-state index in [0.717, 1.165) is 12.2 Å². The van der Waals surface area contributed by atoms with Crippen LogP contribution >= 0.6 is 11.3 Å². The minimum atomic E-state index is -0.361. The van der Waals surface area contributed by atoms with Gasteiger partial charge in [0.1, 0.15) is 5.82 Å². The third-order valence-electron chi connectivity index (χ3n) is 4.16. The van der Waals surface area contributed by atoms with Crippen molar-refractivity contribution in [1.82, 2.24) is 9.97 Å². The smallest absolute Gasteiger partial charge is 0.341 e. The van der Waals surface area contributed by atoms with Gasteiger partial charge in [-0.1, -0.05) is 6.42 Å². The quantitative estimate of drug-likeness (QED) is 0.795. The number of hydrogen-bond acceptors (Lipinski definition) is 5. The Labute approximate surface area is 128 Å². The lowest BCUT2D eigenvalue weighted by Gasteiger charge is -2.41. The number of hydrogen-bond donors (Lipinski definition) is 0. The molecule has 0 aliphatic heterocycles. The van der Waals surface area contributed by atoms with Gasteiger partial charge in [0, 0.05) is 24.2 Å². The molecule has 0 spiro atoms. The molecule has 1 aliphatic carbocycles. The van der Waals surface area contributed by atoms with Crippen molar-refractivity contribution >= 4 is 17.3 Å². The fraction of sp³-hybridized carbons (Fsp3) is 0.438. The van der Waals surface area contributed by atoms with Crippen LogP contribution in [0.25, 0.3) is 0 Å². The van der Waals surface area contributed by atoms with Crippen LogP contribution in [-0.4, -0.2) is 22.5 Å². The van der Waals surface area contributed by atoms with Crippen LogP contribution in [0.4, 0.5) is 0 Å². The van der Waals surface area contributed by atoms with Gasteiger partial charge in [0.2, 0.25) is 0 Å². The Morgan fingerprint density at radius 2 is 2.14 bits per heavy atom. The second-order valence-corrected chi connectivity index (χ2v) is 6.21. The van der Waals surface area contributed by atoms with E-state index in [1.165, 1.54) is 24.8 Å². The highest BCUT2D eigenvalue weighted by molar-refractivity contribution is 7.08. The average Bonchev–Trinajstić information content (AvgIpc) is 2.98. The molecule has 1 saturated carbocycles. The van der Waals surface area contributed by atoms with Crippen molar-refractivity contribution in [3.05, 3.63) is 46.2 Å². The number of rotatable bonds is 5. The Morgan fingerprint density at radius 1 is 1.38 bits per heavy atom. The second kappa shape index (κ2) is 5.93. The van der Waals surface area contributed by atoms with Crippen LogP contribution in [0.5, 0.6) is 0 Å². The van der Waals surface area contributed by atoms with E-state index in [9.17, 15) is 4.79 Å². The van der Waals surface area contributed by atoms with Gasteiger partial charge in [-0.05, 0) is 42.2 Å². The third-order valence-corrected chi connectivity index (χ3v) is 4.84. The Balaban J connectivity index is 1.74. The van der Waals surface area contributed by atoms with E-state index in [2.05, 4.69) is 26.8 Å². The summed E-state index contributed by atoms with van der Waals surface area (Å²) in [5, 5.41) is 4.35. The molecule has 2 aromatic rings. The summed E-state index contributed by atoms with van der Waals surface area (Å²) in [7, 11) is 0. The van der Waals surface area contributed by atoms with E-state index in [1.807, 2.05) is 0 Å². The summed E-state index contributed by atoms with van der Waals surface area (Å²) in [6, 6.07) is 2.21. The van der Waals surface area contributed by atoms with Gasteiger partial charge in [0.05, 0.1) is 12.2 Å². The lowest BCUT2D eigenvalue weighted by Crippen LogP contribution is -2.36. The van der Waals surface area contributed by atoms with Gasteiger partial charge in [-0.15, -0.1) is 0 Å². The summed E-state index contributed by atoms with van der Waals surface area (Å²) in [5.74, 6) is 0.439. The van der Waals surface area contributed by atoms with Crippen molar-refractivity contribution in [2.45, 2.75) is 38.0 Å². The minimum absolute atomic E-state index is 0.200. The first-order valence-electron chi connectivity index (χ1n) is 7.24. The highest BCUT2D eigenvalue weighted by Crippen LogP contribution is 2.46. The number of carbonyl (C=O) groups is 1. The number of aromatic nitrogens is 2. The van der Waals surface area contributed by atoms with Crippen LogP contribution in [0.1, 0.15) is 47.9 Å². The van der Waals surface area contributed by atoms with Gasteiger partial charge < -0.3 is 4.74 Å². The Bertz CT molecular complexity index is 604. The topological polar surface area (TPSA) is 52.1 Å². The third kappa shape index (κ3) is 2.83. The zero-order chi connectivity index (χ0) is 14.7. The molecule has 0 aromatic carbocycles. The molecule has 5 heteroatoms. The summed E-state index contributed by atoms with van der Waals surface area (Å²) in [6.07, 6.45) is 7.61. The zero-order valence-electron chi connectivity index (χ0n) is 12.0. The van der Waals surface area contributed by atoms with Crippen LogP contribution in [0.3, 0.4) is 0 Å². The van der Waals surface area contributed by atoms with Crippen LogP contribution in [0.15, 0.2) is 29.2 Å². The molecule has 0 saturated heterocycles. The number of thiophene rings is 1. The highest BCUT2D eigenvalue weighted by Gasteiger charge is 2.39. The molecule has 4 nitrogen and oxygen atoms in total. The molecular weight excluding hydrogens is 284 g/mol. The lowest BCUT2D eigenvalue weighted by atomic mass is 9.63. The maximum atomic E-state index is 11.6. The van der Waals surface area contributed by atoms with E-state index < -0.39 is 0 Å². The Kier molecular flexibility index (Phi) is 4.01. The second-order valence-electron chi connectivity index (χ2n) is 5.43. The van der Waals surface area contributed by atoms with Crippen LogP contribution in [-0.2, 0) is 16.6 Å². The average molecular weight is 302 g/mol. The van der Waals surface area contributed by atoms with Gasteiger partial charge in [-0.2, -0.15) is 11.3 Å². The zero-order valence-corrected chi connectivity index (χ0v) is 12.9. The van der Waals surface area contributed by atoms with E-state index in [1.54, 1.807) is 30.7 Å². The molecule has 0 N–H and O–H groups in total. The molecular formula is C16H18N2O2S. The van der Waals surface area contributed by atoms with E-state index in [0.29, 0.717) is 12.2 Å². The first-order chi connectivity index (χ1) is 10.2. The molecule has 2 heterocycles. The van der Waals surface area contributed by atoms with E-state index in [-0.39, 0.29) is 11.4 Å². The van der Waals surface area contributed by atoms with Crippen molar-refractivity contribution in [3.8, 4) is 0 Å². The van der Waals surface area contributed by atoms with E-state index >= 15 is 0 Å². The van der Waals surface area contributed by atoms with Gasteiger partial charge >= 0.3 is 5.97 Å². The van der Waals surface area contributed by atoms with Crippen molar-refractivity contribution in [2.24, 2.45) is 0 Å². The molecule has 0 unspecified atom stereocenters. The maximum Gasteiger partial charge on any atom is 0.341 e. The van der Waals surface area contributed by atoms with Crippen molar-refractivity contribution in [1.29, 1.82) is 0 Å². The van der Waals surface area contributed by atoms with Gasteiger partial charge in [0.25, 0.3) is 0 Å². The van der Waals surface area contributed by atoms with Crippen molar-refractivity contribution in [2.75, 3.05) is 6.61 Å². The van der Waals surface area contributed by atoms with Gasteiger partial charge in [-0.3, -0.25) is 0 Å². The Morgan fingerprint density at radius 3 is 2.67 bits per heavy atom. The lowest BCUT2D eigenvalue weighted by molar-refractivity contribution is 0.0525. The van der Waals surface area contributed by atoms with Gasteiger partial charge in [0.15, 0.2) is 0 Å². The summed E-state index contributed by atoms with van der Waals surface area (Å²) >= 11 is 1.74. The first kappa shape index (κ1) is 14.2. The molecule has 0 bridgehead atoms. The normalized spacial score (nSPS) is 16.2. The summed E-state index contributed by atoms with van der Waals surface area (Å²) in [6.45, 7) is 2.15. The Hall–Kier alpha value is -1.75. The molecule has 21 heavy (non-hydrogen) atoms. The highest BCUT2D eigenvalue weighted by atomic mass is 32.1. The van der Waals surface area contributed by atoms with Crippen molar-refractivity contribution < 1.29 is 9.53 Å². The molecule has 3 rings (SSSR count). The monoisotopic (exact) mass is 302 g/mol. The van der Waals surface area contributed by atoms with Crippen molar-refractivity contribution in [3.63, 3.8) is 0 Å². The molecule has 2 aromatic heterocycles. The fourth-order valence-corrected chi connectivity index (χ4v) is 3.58. The standard InChI is InChI=1S/C16H18N2O2S/c1-2-20-15(19)12-9-17-14(18-10-12)8-16(5-3-6-16)13-4-7-21-11-13/h4,7,9-11H,2-3,5-6,8H2,1H3. The maximum absolute atomic E-state index is 11.6. The molecule has 0 amide bonds. The summed E-state index contributed by atoms with van der Waals surface area (Å²) in [4.78, 5) is 20.3. The van der Waals surface area contributed by atoms with Crippen LogP contribution < -0.4 is 0 Å². The summed E-state index contributed by atoms with van der Waals surface area (Å²) < 4.78 is 4.94. The minimum Gasteiger partial charge on any atom is -0.462 e. The molecule has 110 valence electrons. The predicted molar refractivity (Wildman–Crippen MR) is 81.5 cm³/mol. The fourth-order valence-electron chi connectivity index (χ4n) is 2.81. The largest absolute Gasteiger partial charge is 0.462 e. The molecule has 0 radical (unpaired) electrons. The molecule has 1 aliphatic rings. The first-order valence-corrected chi connectivity index (χ1v) is 8.18. The number of nitrogens with zero attached hydrogens (tertiary/aromatic N) is 2. The number of esters is 1. The number of ether oxygens (including phenoxy) is 1.